The maximum absolute atomic E-state index is 12.8. The summed E-state index contributed by atoms with van der Waals surface area (Å²) in [5.41, 5.74) is 1.64. The fraction of sp³-hybridized carbons (Fsp3) is 0.250. The van der Waals surface area contributed by atoms with E-state index < -0.39 is 11.7 Å². The number of aromatic nitrogens is 3. The maximum atomic E-state index is 12.8. The number of anilines is 1. The zero-order chi connectivity index (χ0) is 15.5. The molecule has 0 aliphatic heterocycles. The van der Waals surface area contributed by atoms with E-state index >= 15 is 0 Å². The lowest BCUT2D eigenvalue weighted by Crippen LogP contribution is -2.15. The molecule has 0 amide bonds. The molecule has 0 unspecified atom stereocenters. The molecule has 1 heterocycles. The molecule has 0 saturated heterocycles. The molecule has 2 aromatic rings. The number of benzene rings is 1. The van der Waals surface area contributed by atoms with E-state index in [2.05, 4.69) is 20.7 Å². The molecule has 0 fully saturated rings. The molecular formula is C12H13F3N6. The number of halogens is 3. The molecule has 0 saturated carbocycles. The molecule has 2 rings (SSSR count). The number of nitrogens with two attached hydrogens (primary N) is 1. The van der Waals surface area contributed by atoms with E-state index in [1.807, 2.05) is 6.92 Å². The number of alkyl halides is 3. The van der Waals surface area contributed by atoms with Gasteiger partial charge in [0.15, 0.2) is 5.82 Å². The fourth-order valence-electron chi connectivity index (χ4n) is 1.67. The van der Waals surface area contributed by atoms with Gasteiger partial charge in [0.05, 0.1) is 11.8 Å². The second-order valence-electron chi connectivity index (χ2n) is 4.12. The number of aryl methyl sites for hydroxylation is 1. The number of hydrogen-bond donors (Lipinski definition) is 2. The van der Waals surface area contributed by atoms with Gasteiger partial charge in [-0.3, -0.25) is 0 Å². The number of nitrogens with zero attached hydrogens (tertiary/aromatic N) is 4. The van der Waals surface area contributed by atoms with Crippen molar-refractivity contribution in [2.45, 2.75) is 19.5 Å². The molecule has 1 aromatic heterocycles. The topological polar surface area (TPSA) is 81.1 Å². The van der Waals surface area contributed by atoms with Gasteiger partial charge in [-0.1, -0.05) is 25.1 Å². The van der Waals surface area contributed by atoms with Gasteiger partial charge >= 0.3 is 6.18 Å². The average Bonchev–Trinajstić information content (AvgIpc) is 2.79. The minimum atomic E-state index is -4.44. The van der Waals surface area contributed by atoms with Crippen molar-refractivity contribution in [1.82, 2.24) is 14.9 Å². The molecule has 9 heteroatoms. The third-order valence-corrected chi connectivity index (χ3v) is 2.72. The van der Waals surface area contributed by atoms with Crippen molar-refractivity contribution in [2.75, 3.05) is 11.3 Å². The van der Waals surface area contributed by atoms with Gasteiger partial charge in [-0.2, -0.15) is 18.3 Å². The number of rotatable bonds is 4. The van der Waals surface area contributed by atoms with Crippen LogP contribution in [-0.4, -0.2) is 21.1 Å². The van der Waals surface area contributed by atoms with Gasteiger partial charge in [0, 0.05) is 12.0 Å². The summed E-state index contributed by atoms with van der Waals surface area (Å²) in [5.74, 6) is 6.34. The lowest BCUT2D eigenvalue weighted by Gasteiger charge is -2.09. The zero-order valence-electron chi connectivity index (χ0n) is 11.1. The molecule has 112 valence electrons. The van der Waals surface area contributed by atoms with Crippen molar-refractivity contribution < 1.29 is 13.2 Å². The Morgan fingerprint density at radius 2 is 2.05 bits per heavy atom. The summed E-state index contributed by atoms with van der Waals surface area (Å²) in [6, 6.07) is 5.12. The van der Waals surface area contributed by atoms with Crippen LogP contribution in [0, 0.1) is 0 Å². The average molecular weight is 298 g/mol. The van der Waals surface area contributed by atoms with Crippen LogP contribution < -0.4 is 11.3 Å². The lowest BCUT2D eigenvalue weighted by molar-refractivity contribution is -0.137. The van der Waals surface area contributed by atoms with Crippen LogP contribution in [0.15, 0.2) is 29.4 Å². The first-order valence-corrected chi connectivity index (χ1v) is 6.08. The number of nitrogen functional groups attached to an aromatic ring is 1. The highest BCUT2D eigenvalue weighted by atomic mass is 19.4. The van der Waals surface area contributed by atoms with Gasteiger partial charge in [0.1, 0.15) is 0 Å². The Balaban J connectivity index is 2.17. The van der Waals surface area contributed by atoms with E-state index in [4.69, 9.17) is 5.84 Å². The van der Waals surface area contributed by atoms with Crippen molar-refractivity contribution in [3.05, 3.63) is 41.2 Å². The number of nitrogens with one attached hydrogen (secondary N) is 1. The maximum Gasteiger partial charge on any atom is 0.417 e. The minimum absolute atomic E-state index is 0.0590. The summed E-state index contributed by atoms with van der Waals surface area (Å²) in [6.07, 6.45) is -2.80. The van der Waals surface area contributed by atoms with Crippen molar-refractivity contribution >= 4 is 12.2 Å². The van der Waals surface area contributed by atoms with Crippen LogP contribution in [0.2, 0.25) is 0 Å². The van der Waals surface area contributed by atoms with Crippen LogP contribution in [0.3, 0.4) is 0 Å². The van der Waals surface area contributed by atoms with Gasteiger partial charge < -0.3 is 5.84 Å². The fourth-order valence-corrected chi connectivity index (χ4v) is 1.67. The molecule has 0 atom stereocenters. The summed E-state index contributed by atoms with van der Waals surface area (Å²) in [4.78, 5) is 0. The van der Waals surface area contributed by atoms with Gasteiger partial charge in [-0.15, -0.1) is 10.2 Å². The summed E-state index contributed by atoms with van der Waals surface area (Å²) in [6.45, 7) is 1.85. The second kappa shape index (κ2) is 5.81. The van der Waals surface area contributed by atoms with Crippen molar-refractivity contribution in [3.63, 3.8) is 0 Å². The van der Waals surface area contributed by atoms with E-state index in [9.17, 15) is 13.2 Å². The molecular weight excluding hydrogens is 285 g/mol. The number of hydrazone groups is 1. The van der Waals surface area contributed by atoms with Crippen LogP contribution >= 0.6 is 0 Å². The molecule has 6 nitrogen and oxygen atoms in total. The number of hydrogen-bond acceptors (Lipinski definition) is 5. The predicted molar refractivity (Wildman–Crippen MR) is 72.2 cm³/mol. The summed E-state index contributed by atoms with van der Waals surface area (Å²) in [7, 11) is 0. The van der Waals surface area contributed by atoms with E-state index in [0.29, 0.717) is 12.2 Å². The summed E-state index contributed by atoms with van der Waals surface area (Å²) in [5, 5.41) is 11.2. The molecule has 0 radical (unpaired) electrons. The highest BCUT2D eigenvalue weighted by Crippen LogP contribution is 2.31. The Hall–Kier alpha value is -2.58. The molecule has 0 spiro atoms. The van der Waals surface area contributed by atoms with E-state index in [0.717, 1.165) is 12.3 Å². The molecule has 3 N–H and O–H groups in total. The first kappa shape index (κ1) is 14.8. The largest absolute Gasteiger partial charge is 0.417 e. The SMILES string of the molecule is CCc1nnc(N/N=C\c2ccccc2C(F)(F)F)n1N. The van der Waals surface area contributed by atoms with Crippen LogP contribution in [0.5, 0.6) is 0 Å². The Labute approximate surface area is 118 Å². The van der Waals surface area contributed by atoms with Crippen molar-refractivity contribution in [3.8, 4) is 0 Å². The van der Waals surface area contributed by atoms with Crippen LogP contribution in [-0.2, 0) is 12.6 Å². The second-order valence-corrected chi connectivity index (χ2v) is 4.12. The molecule has 1 aromatic carbocycles. The standard InChI is InChI=1S/C12H13F3N6/c1-2-10-18-20-11(21(10)16)19-17-7-8-5-3-4-6-9(8)12(13,14)15/h3-7H,2,16H2,1H3,(H,19,20)/b17-7-. The molecule has 0 bridgehead atoms. The summed E-state index contributed by atoms with van der Waals surface area (Å²) < 4.78 is 39.5. The van der Waals surface area contributed by atoms with Crippen LogP contribution in [0.4, 0.5) is 19.1 Å². The van der Waals surface area contributed by atoms with Gasteiger partial charge in [-0.25, -0.2) is 10.1 Å². The Bertz CT molecular complexity index is 647. The highest BCUT2D eigenvalue weighted by Gasteiger charge is 2.32. The smallest absolute Gasteiger partial charge is 0.335 e. The third kappa shape index (κ3) is 3.30. The van der Waals surface area contributed by atoms with Gasteiger partial charge in [0.2, 0.25) is 0 Å². The first-order chi connectivity index (χ1) is 9.93. The molecule has 0 aliphatic carbocycles. The first-order valence-electron chi connectivity index (χ1n) is 6.08. The molecule has 21 heavy (non-hydrogen) atoms. The van der Waals surface area contributed by atoms with E-state index in [1.165, 1.54) is 22.9 Å². The quantitative estimate of drug-likeness (QED) is 0.514. The minimum Gasteiger partial charge on any atom is -0.335 e. The Kier molecular flexibility index (Phi) is 4.10. The Morgan fingerprint density at radius 1 is 1.33 bits per heavy atom. The molecule has 0 aliphatic rings. The zero-order valence-corrected chi connectivity index (χ0v) is 11.1. The van der Waals surface area contributed by atoms with E-state index in [-0.39, 0.29) is 11.5 Å². The van der Waals surface area contributed by atoms with Crippen molar-refractivity contribution in [1.29, 1.82) is 0 Å². The highest BCUT2D eigenvalue weighted by molar-refractivity contribution is 5.82. The van der Waals surface area contributed by atoms with Crippen LogP contribution in [0.1, 0.15) is 23.9 Å². The Morgan fingerprint density at radius 3 is 2.67 bits per heavy atom. The van der Waals surface area contributed by atoms with Gasteiger partial charge in [0.25, 0.3) is 5.95 Å². The monoisotopic (exact) mass is 298 g/mol. The lowest BCUT2D eigenvalue weighted by atomic mass is 10.1. The van der Waals surface area contributed by atoms with Crippen LogP contribution in [0.25, 0.3) is 0 Å². The summed E-state index contributed by atoms with van der Waals surface area (Å²) >= 11 is 0. The van der Waals surface area contributed by atoms with Crippen molar-refractivity contribution in [2.24, 2.45) is 5.10 Å². The predicted octanol–water partition coefficient (Wildman–Crippen LogP) is 2.02. The van der Waals surface area contributed by atoms with Gasteiger partial charge in [-0.05, 0) is 6.07 Å². The normalized spacial score (nSPS) is 12.0. The third-order valence-electron chi connectivity index (χ3n) is 2.72. The van der Waals surface area contributed by atoms with E-state index in [1.54, 1.807) is 0 Å².